The summed E-state index contributed by atoms with van der Waals surface area (Å²) in [6.45, 7) is 1.98. The SMILES string of the molecule is COc1ccc(C(C)NC(=O)c2cccc3ccccc23)cc1. The van der Waals surface area contributed by atoms with Crippen molar-refractivity contribution >= 4 is 16.7 Å². The van der Waals surface area contributed by atoms with Crippen molar-refractivity contribution < 1.29 is 9.53 Å². The van der Waals surface area contributed by atoms with Crippen molar-refractivity contribution in [2.45, 2.75) is 13.0 Å². The van der Waals surface area contributed by atoms with Gasteiger partial charge in [0, 0.05) is 5.56 Å². The molecule has 0 heterocycles. The van der Waals surface area contributed by atoms with E-state index in [4.69, 9.17) is 4.74 Å². The van der Waals surface area contributed by atoms with E-state index in [2.05, 4.69) is 5.32 Å². The van der Waals surface area contributed by atoms with E-state index in [0.29, 0.717) is 5.56 Å². The Morgan fingerprint density at radius 1 is 0.957 bits per heavy atom. The number of carbonyl (C=O) groups is 1. The minimum absolute atomic E-state index is 0.0647. The van der Waals surface area contributed by atoms with Gasteiger partial charge in [-0.2, -0.15) is 0 Å². The van der Waals surface area contributed by atoms with Crippen LogP contribution in [-0.2, 0) is 0 Å². The van der Waals surface area contributed by atoms with E-state index in [9.17, 15) is 4.79 Å². The molecule has 3 heteroatoms. The summed E-state index contributed by atoms with van der Waals surface area (Å²) in [6, 6.07) is 21.3. The van der Waals surface area contributed by atoms with Crippen LogP contribution in [0.15, 0.2) is 66.7 Å². The van der Waals surface area contributed by atoms with Gasteiger partial charge in [0.05, 0.1) is 13.2 Å². The minimum atomic E-state index is -0.0765. The van der Waals surface area contributed by atoms with Gasteiger partial charge in [-0.3, -0.25) is 4.79 Å². The second-order valence-corrected chi connectivity index (χ2v) is 5.50. The molecule has 0 aliphatic heterocycles. The fourth-order valence-electron chi connectivity index (χ4n) is 2.67. The monoisotopic (exact) mass is 305 g/mol. The maximum atomic E-state index is 12.6. The first-order chi connectivity index (χ1) is 11.2. The predicted molar refractivity (Wildman–Crippen MR) is 92.8 cm³/mol. The molecule has 0 saturated heterocycles. The molecule has 3 nitrogen and oxygen atoms in total. The molecule has 0 aliphatic rings. The molecule has 0 saturated carbocycles. The Morgan fingerprint density at radius 3 is 2.39 bits per heavy atom. The van der Waals surface area contributed by atoms with Gasteiger partial charge in [0.2, 0.25) is 0 Å². The lowest BCUT2D eigenvalue weighted by Gasteiger charge is -2.15. The molecule has 0 fully saturated rings. The number of carbonyl (C=O) groups excluding carboxylic acids is 1. The molecule has 0 spiro atoms. The van der Waals surface area contributed by atoms with Gasteiger partial charge in [0.1, 0.15) is 5.75 Å². The standard InChI is InChI=1S/C20H19NO2/c1-14(15-10-12-17(23-2)13-11-15)21-20(22)19-9-5-7-16-6-3-4-8-18(16)19/h3-14H,1-2H3,(H,21,22). The zero-order valence-electron chi connectivity index (χ0n) is 13.2. The van der Waals surface area contributed by atoms with Gasteiger partial charge in [-0.15, -0.1) is 0 Å². The van der Waals surface area contributed by atoms with Gasteiger partial charge in [-0.25, -0.2) is 0 Å². The third kappa shape index (κ3) is 3.19. The van der Waals surface area contributed by atoms with Crippen LogP contribution in [0.1, 0.15) is 28.9 Å². The van der Waals surface area contributed by atoms with Gasteiger partial charge in [0.25, 0.3) is 5.91 Å². The van der Waals surface area contributed by atoms with Crippen LogP contribution < -0.4 is 10.1 Å². The lowest BCUT2D eigenvalue weighted by Crippen LogP contribution is -2.26. The van der Waals surface area contributed by atoms with E-state index in [1.165, 1.54) is 0 Å². The average Bonchev–Trinajstić information content (AvgIpc) is 2.61. The zero-order valence-corrected chi connectivity index (χ0v) is 13.2. The number of hydrogen-bond acceptors (Lipinski definition) is 2. The summed E-state index contributed by atoms with van der Waals surface area (Å²) in [7, 11) is 1.64. The molecule has 1 atom stereocenters. The molecule has 1 amide bonds. The number of amides is 1. The highest BCUT2D eigenvalue weighted by molar-refractivity contribution is 6.07. The summed E-state index contributed by atoms with van der Waals surface area (Å²) in [6.07, 6.45) is 0. The fourth-order valence-corrected chi connectivity index (χ4v) is 2.67. The Bertz CT molecular complexity index is 819. The Hall–Kier alpha value is -2.81. The number of benzene rings is 3. The number of rotatable bonds is 4. The normalized spacial score (nSPS) is 11.9. The topological polar surface area (TPSA) is 38.3 Å². The minimum Gasteiger partial charge on any atom is -0.497 e. The largest absolute Gasteiger partial charge is 0.497 e. The van der Waals surface area contributed by atoms with Crippen LogP contribution in [-0.4, -0.2) is 13.0 Å². The number of methoxy groups -OCH3 is 1. The van der Waals surface area contributed by atoms with E-state index >= 15 is 0 Å². The van der Waals surface area contributed by atoms with Gasteiger partial charge in [-0.1, -0.05) is 48.5 Å². The second kappa shape index (κ2) is 6.53. The van der Waals surface area contributed by atoms with Gasteiger partial charge >= 0.3 is 0 Å². The van der Waals surface area contributed by atoms with Crippen LogP contribution in [0.3, 0.4) is 0 Å². The summed E-state index contributed by atoms with van der Waals surface area (Å²) < 4.78 is 5.16. The smallest absolute Gasteiger partial charge is 0.252 e. The van der Waals surface area contributed by atoms with Crippen molar-refractivity contribution in [1.82, 2.24) is 5.32 Å². The van der Waals surface area contributed by atoms with E-state index in [1.807, 2.05) is 73.7 Å². The molecular formula is C20H19NO2. The zero-order chi connectivity index (χ0) is 16.2. The lowest BCUT2D eigenvalue weighted by atomic mass is 10.0. The highest BCUT2D eigenvalue weighted by Crippen LogP contribution is 2.21. The maximum Gasteiger partial charge on any atom is 0.252 e. The molecular weight excluding hydrogens is 286 g/mol. The van der Waals surface area contributed by atoms with E-state index < -0.39 is 0 Å². The van der Waals surface area contributed by atoms with Gasteiger partial charge in [0.15, 0.2) is 0 Å². The van der Waals surface area contributed by atoms with E-state index in [-0.39, 0.29) is 11.9 Å². The first-order valence-electron chi connectivity index (χ1n) is 7.61. The van der Waals surface area contributed by atoms with E-state index in [1.54, 1.807) is 7.11 Å². The van der Waals surface area contributed by atoms with Crippen molar-refractivity contribution in [3.63, 3.8) is 0 Å². The molecule has 0 bridgehead atoms. The summed E-state index contributed by atoms with van der Waals surface area (Å²) >= 11 is 0. The Balaban J connectivity index is 1.82. The molecule has 0 aromatic heterocycles. The second-order valence-electron chi connectivity index (χ2n) is 5.50. The molecule has 3 aromatic rings. The number of hydrogen-bond donors (Lipinski definition) is 1. The predicted octanol–water partition coefficient (Wildman–Crippen LogP) is 4.34. The van der Waals surface area contributed by atoms with Crippen LogP contribution in [0.4, 0.5) is 0 Å². The van der Waals surface area contributed by atoms with Crippen molar-refractivity contribution in [3.8, 4) is 5.75 Å². The van der Waals surface area contributed by atoms with Crippen LogP contribution >= 0.6 is 0 Å². The van der Waals surface area contributed by atoms with Crippen LogP contribution in [0, 0.1) is 0 Å². The number of fused-ring (bicyclic) bond motifs is 1. The highest BCUT2D eigenvalue weighted by Gasteiger charge is 2.13. The van der Waals surface area contributed by atoms with Crippen molar-refractivity contribution in [2.24, 2.45) is 0 Å². The van der Waals surface area contributed by atoms with Gasteiger partial charge in [-0.05, 0) is 41.5 Å². The van der Waals surface area contributed by atoms with Crippen molar-refractivity contribution in [1.29, 1.82) is 0 Å². The molecule has 0 radical (unpaired) electrons. The van der Waals surface area contributed by atoms with Crippen LogP contribution in [0.5, 0.6) is 5.75 Å². The molecule has 0 aliphatic carbocycles. The van der Waals surface area contributed by atoms with Crippen LogP contribution in [0.25, 0.3) is 10.8 Å². The summed E-state index contributed by atoms with van der Waals surface area (Å²) in [5, 5.41) is 5.10. The molecule has 116 valence electrons. The summed E-state index contributed by atoms with van der Waals surface area (Å²) in [5.74, 6) is 0.742. The van der Waals surface area contributed by atoms with Crippen molar-refractivity contribution in [3.05, 3.63) is 77.9 Å². The van der Waals surface area contributed by atoms with Crippen molar-refractivity contribution in [2.75, 3.05) is 7.11 Å². The molecule has 3 aromatic carbocycles. The fraction of sp³-hybridized carbons (Fsp3) is 0.150. The first kappa shape index (κ1) is 15.1. The average molecular weight is 305 g/mol. The lowest BCUT2D eigenvalue weighted by molar-refractivity contribution is 0.0941. The van der Waals surface area contributed by atoms with Crippen LogP contribution in [0.2, 0.25) is 0 Å². The molecule has 1 N–H and O–H groups in total. The molecule has 3 rings (SSSR count). The maximum absolute atomic E-state index is 12.6. The number of ether oxygens (including phenoxy) is 1. The quantitative estimate of drug-likeness (QED) is 0.778. The molecule has 23 heavy (non-hydrogen) atoms. The Kier molecular flexibility index (Phi) is 4.29. The third-order valence-corrected chi connectivity index (χ3v) is 4.00. The summed E-state index contributed by atoms with van der Waals surface area (Å²) in [5.41, 5.74) is 1.74. The van der Waals surface area contributed by atoms with Gasteiger partial charge < -0.3 is 10.1 Å². The van der Waals surface area contributed by atoms with E-state index in [0.717, 1.165) is 22.1 Å². The third-order valence-electron chi connectivity index (χ3n) is 4.00. The number of nitrogens with one attached hydrogen (secondary N) is 1. The Morgan fingerprint density at radius 2 is 1.65 bits per heavy atom. The highest BCUT2D eigenvalue weighted by atomic mass is 16.5. The Labute approximate surface area is 135 Å². The summed E-state index contributed by atoms with van der Waals surface area (Å²) in [4.78, 5) is 12.6. The first-order valence-corrected chi connectivity index (χ1v) is 7.61. The molecule has 1 unspecified atom stereocenters.